The maximum absolute atomic E-state index is 11.6. The fourth-order valence-electron chi connectivity index (χ4n) is 2.44. The Bertz CT molecular complexity index is 791. The molecular formula is C19H30N6O2. The van der Waals surface area contributed by atoms with Gasteiger partial charge < -0.3 is 25.1 Å². The van der Waals surface area contributed by atoms with Crippen LogP contribution < -0.4 is 16.0 Å². The lowest BCUT2D eigenvalue weighted by Gasteiger charge is -2.19. The van der Waals surface area contributed by atoms with Crippen LogP contribution in [0.25, 0.3) is 5.65 Å². The van der Waals surface area contributed by atoms with Crippen LogP contribution in [-0.4, -0.2) is 46.7 Å². The Labute approximate surface area is 160 Å². The molecule has 3 N–H and O–H groups in total. The summed E-state index contributed by atoms with van der Waals surface area (Å²) in [5.74, 6) is 0.678. The highest BCUT2D eigenvalue weighted by atomic mass is 16.6. The summed E-state index contributed by atoms with van der Waals surface area (Å²) in [5, 5.41) is 9.09. The van der Waals surface area contributed by atoms with Crippen LogP contribution >= 0.6 is 0 Å². The largest absolute Gasteiger partial charge is 0.444 e. The van der Waals surface area contributed by atoms with Gasteiger partial charge in [0.05, 0.1) is 12.2 Å². The van der Waals surface area contributed by atoms with Crippen molar-refractivity contribution in [2.45, 2.75) is 46.8 Å². The number of fused-ring (bicyclic) bond motifs is 1. The molecule has 0 saturated heterocycles. The normalized spacial score (nSPS) is 12.1. The molecule has 8 nitrogen and oxygen atoms in total. The number of hydrogen-bond donors (Lipinski definition) is 3. The molecular weight excluding hydrogens is 344 g/mol. The number of guanidine groups is 1. The van der Waals surface area contributed by atoms with E-state index in [2.05, 4.69) is 30.3 Å². The summed E-state index contributed by atoms with van der Waals surface area (Å²) in [6.45, 7) is 11.7. The van der Waals surface area contributed by atoms with Gasteiger partial charge in [-0.3, -0.25) is 0 Å². The summed E-state index contributed by atoms with van der Waals surface area (Å²) < 4.78 is 7.25. The molecule has 0 aliphatic rings. The fourth-order valence-corrected chi connectivity index (χ4v) is 2.44. The number of hydrogen-bond acceptors (Lipinski definition) is 4. The lowest BCUT2D eigenvalue weighted by Crippen LogP contribution is -2.42. The van der Waals surface area contributed by atoms with E-state index >= 15 is 0 Å². The van der Waals surface area contributed by atoms with E-state index in [1.54, 1.807) is 0 Å². The third-order valence-corrected chi connectivity index (χ3v) is 3.57. The molecule has 0 aromatic carbocycles. The number of aromatic nitrogens is 2. The second-order valence-electron chi connectivity index (χ2n) is 7.18. The van der Waals surface area contributed by atoms with Crippen molar-refractivity contribution in [2.24, 2.45) is 4.99 Å². The van der Waals surface area contributed by atoms with Crippen LogP contribution in [0.5, 0.6) is 0 Å². The number of nitrogens with one attached hydrogen (secondary N) is 3. The predicted molar refractivity (Wildman–Crippen MR) is 107 cm³/mol. The third-order valence-electron chi connectivity index (χ3n) is 3.57. The van der Waals surface area contributed by atoms with E-state index in [0.29, 0.717) is 25.6 Å². The van der Waals surface area contributed by atoms with Gasteiger partial charge in [-0.2, -0.15) is 0 Å². The van der Waals surface area contributed by atoms with Gasteiger partial charge in [0, 0.05) is 31.5 Å². The molecule has 148 valence electrons. The molecule has 8 heteroatoms. The van der Waals surface area contributed by atoms with E-state index < -0.39 is 11.7 Å². The highest BCUT2D eigenvalue weighted by molar-refractivity contribution is 5.79. The van der Waals surface area contributed by atoms with Crippen molar-refractivity contribution in [3.63, 3.8) is 0 Å². The molecule has 0 saturated carbocycles. The minimum atomic E-state index is -0.500. The second kappa shape index (κ2) is 9.25. The van der Waals surface area contributed by atoms with Gasteiger partial charge in [0.2, 0.25) is 0 Å². The van der Waals surface area contributed by atoms with Gasteiger partial charge in [0.15, 0.2) is 5.96 Å². The Morgan fingerprint density at radius 2 is 1.96 bits per heavy atom. The Morgan fingerprint density at radius 1 is 1.22 bits per heavy atom. The number of aryl methyl sites for hydroxylation is 1. The van der Waals surface area contributed by atoms with Crippen molar-refractivity contribution >= 4 is 17.7 Å². The maximum Gasteiger partial charge on any atom is 0.407 e. The Balaban J connectivity index is 1.86. The van der Waals surface area contributed by atoms with Gasteiger partial charge in [0.25, 0.3) is 0 Å². The van der Waals surface area contributed by atoms with Crippen molar-refractivity contribution in [1.29, 1.82) is 0 Å². The van der Waals surface area contributed by atoms with Crippen LogP contribution in [0.4, 0.5) is 4.79 Å². The summed E-state index contributed by atoms with van der Waals surface area (Å²) in [6, 6.07) is 6.02. The third kappa shape index (κ3) is 6.80. The zero-order valence-electron chi connectivity index (χ0n) is 16.8. The van der Waals surface area contributed by atoms with Gasteiger partial charge >= 0.3 is 6.09 Å². The summed E-state index contributed by atoms with van der Waals surface area (Å²) in [6.07, 6.45) is 1.58. The van der Waals surface area contributed by atoms with Crippen molar-refractivity contribution in [3.8, 4) is 0 Å². The van der Waals surface area contributed by atoms with Crippen LogP contribution in [0.2, 0.25) is 0 Å². The number of alkyl carbamates (subject to hydrolysis) is 1. The van der Waals surface area contributed by atoms with E-state index in [1.807, 2.05) is 59.0 Å². The molecule has 2 heterocycles. The summed E-state index contributed by atoms with van der Waals surface area (Å²) in [4.78, 5) is 20.8. The molecule has 2 aromatic rings. The molecule has 0 atom stereocenters. The Hall–Kier alpha value is -2.77. The highest BCUT2D eigenvalue weighted by Gasteiger charge is 2.15. The molecule has 0 fully saturated rings. The van der Waals surface area contributed by atoms with Crippen LogP contribution in [0.3, 0.4) is 0 Å². The van der Waals surface area contributed by atoms with E-state index in [-0.39, 0.29) is 0 Å². The summed E-state index contributed by atoms with van der Waals surface area (Å²) in [7, 11) is 0. The summed E-state index contributed by atoms with van der Waals surface area (Å²) >= 11 is 0. The average Bonchev–Trinajstić information content (AvgIpc) is 2.99. The monoisotopic (exact) mass is 374 g/mol. The number of rotatable bonds is 6. The number of aliphatic imine (C=N–C) groups is 1. The highest BCUT2D eigenvalue weighted by Crippen LogP contribution is 2.09. The first-order valence-corrected chi connectivity index (χ1v) is 9.21. The molecule has 0 bridgehead atoms. The van der Waals surface area contributed by atoms with E-state index in [4.69, 9.17) is 4.74 Å². The molecule has 1 amide bonds. The maximum atomic E-state index is 11.6. The smallest absolute Gasteiger partial charge is 0.407 e. The molecule has 0 aliphatic carbocycles. The first-order valence-electron chi connectivity index (χ1n) is 9.21. The zero-order chi connectivity index (χ0) is 19.9. The van der Waals surface area contributed by atoms with Gasteiger partial charge in [-0.15, -0.1) is 0 Å². The minimum absolute atomic E-state index is 0.425. The number of ether oxygens (including phenoxy) is 1. The average molecular weight is 374 g/mol. The van der Waals surface area contributed by atoms with Crippen LogP contribution in [0.1, 0.15) is 39.1 Å². The fraction of sp³-hybridized carbons (Fsp3) is 0.526. The molecule has 0 aliphatic heterocycles. The molecule has 0 unspecified atom stereocenters. The number of nitrogens with zero attached hydrogens (tertiary/aromatic N) is 3. The predicted octanol–water partition coefficient (Wildman–Crippen LogP) is 2.22. The quantitative estimate of drug-likeness (QED) is 0.410. The molecule has 27 heavy (non-hydrogen) atoms. The van der Waals surface area contributed by atoms with E-state index in [9.17, 15) is 4.79 Å². The van der Waals surface area contributed by atoms with Crippen LogP contribution in [0.15, 0.2) is 29.4 Å². The van der Waals surface area contributed by atoms with Crippen molar-refractivity contribution in [2.75, 3.05) is 19.6 Å². The second-order valence-corrected chi connectivity index (χ2v) is 7.18. The van der Waals surface area contributed by atoms with Gasteiger partial charge in [-0.1, -0.05) is 6.07 Å². The van der Waals surface area contributed by atoms with Gasteiger partial charge in [-0.05, 0) is 46.8 Å². The van der Waals surface area contributed by atoms with Crippen LogP contribution in [-0.2, 0) is 11.3 Å². The van der Waals surface area contributed by atoms with Crippen molar-refractivity contribution in [3.05, 3.63) is 35.8 Å². The van der Waals surface area contributed by atoms with Gasteiger partial charge in [-0.25, -0.2) is 14.8 Å². The number of carbonyl (C=O) groups excluding carboxylic acids is 1. The molecule has 2 aromatic heterocycles. The van der Waals surface area contributed by atoms with Crippen molar-refractivity contribution < 1.29 is 9.53 Å². The van der Waals surface area contributed by atoms with Crippen LogP contribution in [0, 0.1) is 6.92 Å². The number of carbonyl (C=O) groups is 1. The topological polar surface area (TPSA) is 92.0 Å². The lowest BCUT2D eigenvalue weighted by atomic mass is 10.2. The number of pyridine rings is 1. The first-order chi connectivity index (χ1) is 12.8. The molecule has 0 spiro atoms. The van der Waals surface area contributed by atoms with Crippen molar-refractivity contribution in [1.82, 2.24) is 25.3 Å². The van der Waals surface area contributed by atoms with E-state index in [1.165, 1.54) is 0 Å². The standard InChI is InChI=1S/C19H30N6O2/c1-6-20-17(21-10-11-22-18(26)27-19(3,4)5)23-12-15-13-25-14(2)8-7-9-16(25)24-15/h7-9,13H,6,10-12H2,1-5H3,(H,22,26)(H2,20,21,23). The zero-order valence-corrected chi connectivity index (χ0v) is 16.8. The Kier molecular flexibility index (Phi) is 7.04. The number of imidazole rings is 1. The molecule has 2 rings (SSSR count). The lowest BCUT2D eigenvalue weighted by molar-refractivity contribution is 0.0529. The molecule has 0 radical (unpaired) electrons. The van der Waals surface area contributed by atoms with E-state index in [0.717, 1.165) is 23.6 Å². The Morgan fingerprint density at radius 3 is 2.63 bits per heavy atom. The number of amides is 1. The van der Waals surface area contributed by atoms with Gasteiger partial charge in [0.1, 0.15) is 11.2 Å². The SMILES string of the molecule is CCNC(=NCc1cn2c(C)cccc2n1)NCCNC(=O)OC(C)(C)C. The summed E-state index contributed by atoms with van der Waals surface area (Å²) in [5.41, 5.74) is 2.45. The minimum Gasteiger partial charge on any atom is -0.444 e. The first kappa shape index (κ1) is 20.5.